The van der Waals surface area contributed by atoms with Gasteiger partial charge in [0.2, 0.25) is 5.91 Å². The number of hydrogen-bond donors (Lipinski definition) is 2. The van der Waals surface area contributed by atoms with Crippen molar-refractivity contribution < 1.29 is 9.90 Å². The van der Waals surface area contributed by atoms with E-state index in [9.17, 15) is 9.90 Å². The lowest BCUT2D eigenvalue weighted by molar-refractivity contribution is -0.163. The number of aliphatic hydroxyl groups is 1. The van der Waals surface area contributed by atoms with Crippen LogP contribution in [0.2, 0.25) is 0 Å². The Morgan fingerprint density at radius 3 is 2.60 bits per heavy atom. The summed E-state index contributed by atoms with van der Waals surface area (Å²) in [6.45, 7) is 5.85. The number of rotatable bonds is 5. The van der Waals surface area contributed by atoms with Crippen LogP contribution in [-0.2, 0) is 4.79 Å². The highest BCUT2D eigenvalue weighted by Gasteiger charge is 2.45. The van der Waals surface area contributed by atoms with E-state index in [1.807, 2.05) is 20.9 Å². The van der Waals surface area contributed by atoms with Gasteiger partial charge in [0.1, 0.15) is 5.60 Å². The second-order valence-corrected chi connectivity index (χ2v) is 4.72. The average Bonchev–Trinajstić information content (AvgIpc) is 2.12. The highest BCUT2D eigenvalue weighted by molar-refractivity contribution is 5.77. The number of likely N-dealkylation sites (tertiary alicyclic amines) is 1. The number of carbonyl (C=O) groups is 1. The highest BCUT2D eigenvalue weighted by Crippen LogP contribution is 2.28. The summed E-state index contributed by atoms with van der Waals surface area (Å²) in [5, 5.41) is 13.0. The summed E-state index contributed by atoms with van der Waals surface area (Å²) in [5.41, 5.74) is -0.640. The van der Waals surface area contributed by atoms with Crippen molar-refractivity contribution in [2.75, 3.05) is 26.7 Å². The minimum atomic E-state index is -0.640. The first kappa shape index (κ1) is 12.5. The van der Waals surface area contributed by atoms with Crippen molar-refractivity contribution in [3.05, 3.63) is 0 Å². The van der Waals surface area contributed by atoms with Crippen LogP contribution in [0.15, 0.2) is 0 Å². The van der Waals surface area contributed by atoms with Gasteiger partial charge < -0.3 is 15.3 Å². The number of hydrogen-bond acceptors (Lipinski definition) is 3. The maximum atomic E-state index is 11.6. The van der Waals surface area contributed by atoms with Gasteiger partial charge in [0.15, 0.2) is 0 Å². The number of nitrogens with one attached hydrogen (secondary N) is 1. The molecule has 0 aromatic heterocycles. The molecule has 2 N–H and O–H groups in total. The third kappa shape index (κ3) is 2.92. The molecule has 1 fully saturated rings. The monoisotopic (exact) mass is 214 g/mol. The summed E-state index contributed by atoms with van der Waals surface area (Å²) in [7, 11) is 1.88. The third-order valence-electron chi connectivity index (χ3n) is 3.17. The largest absolute Gasteiger partial charge is 0.386 e. The standard InChI is InChI=1S/C11H22N2O2/c1-9(2)11(15)7-13(8-11)10(14)5-4-6-12-3/h9,12,15H,4-8H2,1-3H3. The Balaban J connectivity index is 2.23. The number of amides is 1. The second-order valence-electron chi connectivity index (χ2n) is 4.72. The minimum absolute atomic E-state index is 0.163. The van der Waals surface area contributed by atoms with Crippen LogP contribution in [0.5, 0.6) is 0 Å². The van der Waals surface area contributed by atoms with Crippen LogP contribution in [0.1, 0.15) is 26.7 Å². The predicted octanol–water partition coefficient (Wildman–Crippen LogP) is 0.215. The first-order chi connectivity index (χ1) is 6.99. The molecule has 1 amide bonds. The van der Waals surface area contributed by atoms with Crippen LogP contribution in [0.25, 0.3) is 0 Å². The lowest BCUT2D eigenvalue weighted by Gasteiger charge is -2.49. The normalized spacial score (nSPS) is 19.1. The summed E-state index contributed by atoms with van der Waals surface area (Å²) in [6.07, 6.45) is 1.45. The lowest BCUT2D eigenvalue weighted by atomic mass is 9.83. The zero-order valence-electron chi connectivity index (χ0n) is 9.92. The van der Waals surface area contributed by atoms with Crippen molar-refractivity contribution in [1.82, 2.24) is 10.2 Å². The van der Waals surface area contributed by atoms with Crippen molar-refractivity contribution in [2.45, 2.75) is 32.3 Å². The fourth-order valence-corrected chi connectivity index (χ4v) is 1.73. The van der Waals surface area contributed by atoms with Gasteiger partial charge in [-0.05, 0) is 25.9 Å². The molecule has 0 aromatic rings. The Labute approximate surface area is 91.6 Å². The van der Waals surface area contributed by atoms with Gasteiger partial charge in [-0.3, -0.25) is 4.79 Å². The quantitative estimate of drug-likeness (QED) is 0.644. The van der Waals surface area contributed by atoms with Gasteiger partial charge in [-0.2, -0.15) is 0 Å². The Morgan fingerprint density at radius 1 is 1.53 bits per heavy atom. The fraction of sp³-hybridized carbons (Fsp3) is 0.909. The van der Waals surface area contributed by atoms with Crippen LogP contribution in [0, 0.1) is 5.92 Å². The van der Waals surface area contributed by atoms with E-state index in [1.54, 1.807) is 4.90 Å². The van der Waals surface area contributed by atoms with E-state index in [1.165, 1.54) is 0 Å². The summed E-state index contributed by atoms with van der Waals surface area (Å²) < 4.78 is 0. The van der Waals surface area contributed by atoms with Crippen molar-refractivity contribution in [3.8, 4) is 0 Å². The third-order valence-corrected chi connectivity index (χ3v) is 3.17. The summed E-state index contributed by atoms with van der Waals surface area (Å²) in [5.74, 6) is 0.384. The molecule has 88 valence electrons. The summed E-state index contributed by atoms with van der Waals surface area (Å²) in [4.78, 5) is 13.3. The molecule has 0 radical (unpaired) electrons. The molecule has 4 heteroatoms. The number of β-amino-alcohol motifs (C(OH)–C–C–N with tert-alkyl or cyclic N) is 1. The van der Waals surface area contributed by atoms with Crippen molar-refractivity contribution in [1.29, 1.82) is 0 Å². The molecule has 4 nitrogen and oxygen atoms in total. The van der Waals surface area contributed by atoms with Crippen molar-refractivity contribution in [3.63, 3.8) is 0 Å². The van der Waals surface area contributed by atoms with Gasteiger partial charge in [0.05, 0.1) is 13.1 Å². The van der Waals surface area contributed by atoms with E-state index in [4.69, 9.17) is 0 Å². The lowest BCUT2D eigenvalue weighted by Crippen LogP contribution is -2.65. The molecule has 1 heterocycles. The van der Waals surface area contributed by atoms with E-state index >= 15 is 0 Å². The van der Waals surface area contributed by atoms with Crippen LogP contribution in [0.3, 0.4) is 0 Å². The van der Waals surface area contributed by atoms with Gasteiger partial charge in [-0.15, -0.1) is 0 Å². The number of carbonyl (C=O) groups excluding carboxylic acids is 1. The summed E-state index contributed by atoms with van der Waals surface area (Å²) >= 11 is 0. The Morgan fingerprint density at radius 2 is 2.13 bits per heavy atom. The summed E-state index contributed by atoms with van der Waals surface area (Å²) in [6, 6.07) is 0. The van der Waals surface area contributed by atoms with E-state index in [-0.39, 0.29) is 11.8 Å². The predicted molar refractivity (Wildman–Crippen MR) is 59.5 cm³/mol. The molecular formula is C11H22N2O2. The van der Waals surface area contributed by atoms with E-state index < -0.39 is 5.60 Å². The molecular weight excluding hydrogens is 192 g/mol. The Kier molecular flexibility index (Phi) is 4.11. The maximum Gasteiger partial charge on any atom is 0.222 e. The van der Waals surface area contributed by atoms with Crippen LogP contribution >= 0.6 is 0 Å². The molecule has 0 aliphatic carbocycles. The Bertz CT molecular complexity index is 223. The topological polar surface area (TPSA) is 52.6 Å². The van der Waals surface area contributed by atoms with Crippen LogP contribution in [-0.4, -0.2) is 48.2 Å². The van der Waals surface area contributed by atoms with Gasteiger partial charge >= 0.3 is 0 Å². The SMILES string of the molecule is CNCCCC(=O)N1CC(O)(C(C)C)C1. The first-order valence-corrected chi connectivity index (χ1v) is 5.64. The van der Waals surface area contributed by atoms with E-state index in [2.05, 4.69) is 5.32 Å². The molecule has 0 unspecified atom stereocenters. The van der Waals surface area contributed by atoms with Crippen molar-refractivity contribution >= 4 is 5.91 Å². The van der Waals surface area contributed by atoms with Gasteiger partial charge in [0.25, 0.3) is 0 Å². The first-order valence-electron chi connectivity index (χ1n) is 5.64. The molecule has 1 rings (SSSR count). The smallest absolute Gasteiger partial charge is 0.222 e. The molecule has 0 aromatic carbocycles. The van der Waals surface area contributed by atoms with Gasteiger partial charge in [0, 0.05) is 6.42 Å². The average molecular weight is 214 g/mol. The zero-order chi connectivity index (χ0) is 11.5. The second kappa shape index (κ2) is 4.94. The number of nitrogens with zero attached hydrogens (tertiary/aromatic N) is 1. The van der Waals surface area contributed by atoms with Crippen LogP contribution in [0.4, 0.5) is 0 Å². The van der Waals surface area contributed by atoms with Crippen molar-refractivity contribution in [2.24, 2.45) is 5.92 Å². The maximum absolute atomic E-state index is 11.6. The van der Waals surface area contributed by atoms with E-state index in [0.717, 1.165) is 13.0 Å². The van der Waals surface area contributed by atoms with Gasteiger partial charge in [-0.1, -0.05) is 13.8 Å². The molecule has 0 spiro atoms. The minimum Gasteiger partial charge on any atom is -0.386 e. The molecule has 1 saturated heterocycles. The molecule has 0 atom stereocenters. The highest BCUT2D eigenvalue weighted by atomic mass is 16.3. The molecule has 0 saturated carbocycles. The van der Waals surface area contributed by atoms with E-state index in [0.29, 0.717) is 19.5 Å². The van der Waals surface area contributed by atoms with Gasteiger partial charge in [-0.25, -0.2) is 0 Å². The molecule has 15 heavy (non-hydrogen) atoms. The Hall–Kier alpha value is -0.610. The van der Waals surface area contributed by atoms with Crippen LogP contribution < -0.4 is 5.32 Å². The molecule has 1 aliphatic heterocycles. The zero-order valence-corrected chi connectivity index (χ0v) is 9.92. The molecule has 0 bridgehead atoms. The fourth-order valence-electron chi connectivity index (χ4n) is 1.73. The molecule has 1 aliphatic rings.